The van der Waals surface area contributed by atoms with Crippen LogP contribution in [-0.2, 0) is 4.79 Å². The molecule has 0 unspecified atom stereocenters. The Morgan fingerprint density at radius 2 is 1.72 bits per heavy atom. The van der Waals surface area contributed by atoms with E-state index in [0.29, 0.717) is 29.2 Å². The maximum Gasteiger partial charge on any atom is 0.255 e. The van der Waals surface area contributed by atoms with Crippen LogP contribution in [0.15, 0.2) is 42.5 Å². The fraction of sp³-hybridized carbons (Fsp3) is 0.364. The van der Waals surface area contributed by atoms with Crippen molar-refractivity contribution in [3.8, 4) is 0 Å². The first-order valence-corrected chi connectivity index (χ1v) is 10.3. The van der Waals surface area contributed by atoms with Gasteiger partial charge in [0.05, 0.1) is 10.7 Å². The summed E-state index contributed by atoms with van der Waals surface area (Å²) in [4.78, 5) is 31.1. The van der Waals surface area contributed by atoms with Crippen molar-refractivity contribution < 1.29 is 9.59 Å². The smallest absolute Gasteiger partial charge is 0.255 e. The summed E-state index contributed by atoms with van der Waals surface area (Å²) in [5.74, 6) is -0.175. The molecule has 6 nitrogen and oxygen atoms in total. The van der Waals surface area contributed by atoms with E-state index in [4.69, 9.17) is 11.6 Å². The summed E-state index contributed by atoms with van der Waals surface area (Å²) in [6.45, 7) is 4.75. The maximum absolute atomic E-state index is 12.7. The summed E-state index contributed by atoms with van der Waals surface area (Å²) in [5.41, 5.74) is 2.98. The number of carbonyl (C=O) groups excluding carboxylic acids is 2. The standard InChI is InChI=1S/C22H25ClN4O2/c1-25-11-13-26(14-12-25)18-7-5-17(6-8-18)24-22(29)16-4-9-19(23)20(15-16)27-10-2-3-21(27)28/h4-9,15H,2-3,10-14H2,1H3,(H,24,29). The number of piperazine rings is 1. The molecule has 2 aromatic rings. The number of benzene rings is 2. The first kappa shape index (κ1) is 19.7. The molecule has 1 N–H and O–H groups in total. The van der Waals surface area contributed by atoms with Crippen LogP contribution in [-0.4, -0.2) is 56.5 Å². The summed E-state index contributed by atoms with van der Waals surface area (Å²) in [6.07, 6.45) is 1.33. The van der Waals surface area contributed by atoms with Gasteiger partial charge in [0.25, 0.3) is 5.91 Å². The number of anilines is 3. The zero-order valence-electron chi connectivity index (χ0n) is 16.5. The molecule has 29 heavy (non-hydrogen) atoms. The minimum absolute atomic E-state index is 0.0453. The Kier molecular flexibility index (Phi) is 5.74. The van der Waals surface area contributed by atoms with Crippen LogP contribution < -0.4 is 15.1 Å². The number of likely N-dealkylation sites (N-methyl/N-ethyl adjacent to an activating group) is 1. The number of nitrogens with one attached hydrogen (secondary N) is 1. The Hall–Kier alpha value is -2.57. The van der Waals surface area contributed by atoms with E-state index < -0.39 is 0 Å². The topological polar surface area (TPSA) is 55.9 Å². The number of halogens is 1. The van der Waals surface area contributed by atoms with Gasteiger partial charge in [-0.3, -0.25) is 9.59 Å². The van der Waals surface area contributed by atoms with Crippen LogP contribution in [0.3, 0.4) is 0 Å². The number of nitrogens with zero attached hydrogens (tertiary/aromatic N) is 3. The fourth-order valence-corrected chi connectivity index (χ4v) is 4.01. The first-order chi connectivity index (χ1) is 14.0. The Labute approximate surface area is 176 Å². The van der Waals surface area contributed by atoms with Gasteiger partial charge in [0, 0.05) is 56.1 Å². The van der Waals surface area contributed by atoms with Gasteiger partial charge in [-0.1, -0.05) is 11.6 Å². The molecule has 2 fully saturated rings. The van der Waals surface area contributed by atoms with Crippen LogP contribution in [0.25, 0.3) is 0 Å². The Bertz CT molecular complexity index is 908. The van der Waals surface area contributed by atoms with Gasteiger partial charge in [-0.2, -0.15) is 0 Å². The molecular formula is C22H25ClN4O2. The van der Waals surface area contributed by atoms with Crippen molar-refractivity contribution in [3.05, 3.63) is 53.1 Å². The highest BCUT2D eigenvalue weighted by atomic mass is 35.5. The number of hydrogen-bond donors (Lipinski definition) is 1. The first-order valence-electron chi connectivity index (χ1n) is 9.96. The number of rotatable bonds is 4. The van der Waals surface area contributed by atoms with E-state index in [1.165, 1.54) is 0 Å². The monoisotopic (exact) mass is 412 g/mol. The molecule has 0 atom stereocenters. The summed E-state index contributed by atoms with van der Waals surface area (Å²) < 4.78 is 0. The van der Waals surface area contributed by atoms with Crippen molar-refractivity contribution >= 4 is 40.5 Å². The maximum atomic E-state index is 12.7. The highest BCUT2D eigenvalue weighted by molar-refractivity contribution is 6.34. The third kappa shape index (κ3) is 4.38. The van der Waals surface area contributed by atoms with E-state index in [1.54, 1.807) is 23.1 Å². The third-order valence-electron chi connectivity index (χ3n) is 5.57. The van der Waals surface area contributed by atoms with Crippen LogP contribution in [0.5, 0.6) is 0 Å². The predicted molar refractivity (Wildman–Crippen MR) is 117 cm³/mol. The van der Waals surface area contributed by atoms with E-state index in [1.807, 2.05) is 24.3 Å². The second kappa shape index (κ2) is 8.43. The lowest BCUT2D eigenvalue weighted by Crippen LogP contribution is -2.44. The SMILES string of the molecule is CN1CCN(c2ccc(NC(=O)c3ccc(Cl)c(N4CCCC4=O)c3)cc2)CC1. The minimum Gasteiger partial charge on any atom is -0.369 e. The summed E-state index contributed by atoms with van der Waals surface area (Å²) >= 11 is 6.27. The third-order valence-corrected chi connectivity index (χ3v) is 5.89. The molecule has 0 bridgehead atoms. The quantitative estimate of drug-likeness (QED) is 0.835. The van der Waals surface area contributed by atoms with Crippen molar-refractivity contribution in [2.75, 3.05) is 54.9 Å². The fourth-order valence-electron chi connectivity index (χ4n) is 3.79. The molecule has 0 radical (unpaired) electrons. The molecule has 152 valence electrons. The van der Waals surface area contributed by atoms with Gasteiger partial charge in [-0.15, -0.1) is 0 Å². The lowest BCUT2D eigenvalue weighted by atomic mass is 10.1. The second-order valence-corrected chi connectivity index (χ2v) is 8.01. The van der Waals surface area contributed by atoms with E-state index >= 15 is 0 Å². The van der Waals surface area contributed by atoms with Gasteiger partial charge >= 0.3 is 0 Å². The van der Waals surface area contributed by atoms with Crippen LogP contribution in [0.4, 0.5) is 17.1 Å². The van der Waals surface area contributed by atoms with Gasteiger partial charge < -0.3 is 20.0 Å². The van der Waals surface area contributed by atoms with Gasteiger partial charge in [0.2, 0.25) is 5.91 Å². The number of hydrogen-bond acceptors (Lipinski definition) is 4. The average molecular weight is 413 g/mol. The van der Waals surface area contributed by atoms with E-state index in [2.05, 4.69) is 22.2 Å². The molecule has 2 aliphatic rings. The van der Waals surface area contributed by atoms with E-state index in [-0.39, 0.29) is 11.8 Å². The largest absolute Gasteiger partial charge is 0.369 e. The normalized spacial score (nSPS) is 17.7. The van der Waals surface area contributed by atoms with Crippen LogP contribution in [0, 0.1) is 0 Å². The van der Waals surface area contributed by atoms with Gasteiger partial charge in [0.15, 0.2) is 0 Å². The zero-order chi connectivity index (χ0) is 20.4. The molecule has 4 rings (SSSR count). The van der Waals surface area contributed by atoms with Gasteiger partial charge in [-0.25, -0.2) is 0 Å². The van der Waals surface area contributed by atoms with Gasteiger partial charge in [-0.05, 0) is 55.9 Å². The molecule has 2 saturated heterocycles. The lowest BCUT2D eigenvalue weighted by molar-refractivity contribution is -0.117. The predicted octanol–water partition coefficient (Wildman–Crippen LogP) is 3.47. The van der Waals surface area contributed by atoms with Crippen LogP contribution >= 0.6 is 11.6 Å². The van der Waals surface area contributed by atoms with Crippen molar-refractivity contribution in [3.63, 3.8) is 0 Å². The van der Waals surface area contributed by atoms with Gasteiger partial charge in [0.1, 0.15) is 0 Å². The number of carbonyl (C=O) groups is 2. The Morgan fingerprint density at radius 1 is 1.00 bits per heavy atom. The molecule has 0 aromatic heterocycles. The average Bonchev–Trinajstić information content (AvgIpc) is 3.15. The van der Waals surface area contributed by atoms with E-state index in [9.17, 15) is 9.59 Å². The lowest BCUT2D eigenvalue weighted by Gasteiger charge is -2.34. The summed E-state index contributed by atoms with van der Waals surface area (Å²) in [7, 11) is 2.14. The van der Waals surface area contributed by atoms with Crippen molar-refractivity contribution in [2.24, 2.45) is 0 Å². The highest BCUT2D eigenvalue weighted by Crippen LogP contribution is 2.30. The Morgan fingerprint density at radius 3 is 2.38 bits per heavy atom. The molecule has 0 aliphatic carbocycles. The molecule has 2 aromatic carbocycles. The van der Waals surface area contributed by atoms with Crippen molar-refractivity contribution in [1.29, 1.82) is 0 Å². The zero-order valence-corrected chi connectivity index (χ0v) is 17.3. The van der Waals surface area contributed by atoms with Crippen LogP contribution in [0.1, 0.15) is 23.2 Å². The molecule has 0 saturated carbocycles. The molecule has 2 amide bonds. The molecule has 7 heteroatoms. The molecule has 0 spiro atoms. The number of amides is 2. The Balaban J connectivity index is 1.45. The van der Waals surface area contributed by atoms with Crippen molar-refractivity contribution in [2.45, 2.75) is 12.8 Å². The van der Waals surface area contributed by atoms with Crippen LogP contribution in [0.2, 0.25) is 5.02 Å². The molecule has 2 heterocycles. The molecule has 2 aliphatic heterocycles. The second-order valence-electron chi connectivity index (χ2n) is 7.61. The molecular weight excluding hydrogens is 388 g/mol. The minimum atomic E-state index is -0.220. The highest BCUT2D eigenvalue weighted by Gasteiger charge is 2.24. The van der Waals surface area contributed by atoms with Crippen molar-refractivity contribution in [1.82, 2.24) is 4.90 Å². The van der Waals surface area contributed by atoms with E-state index in [0.717, 1.165) is 44.0 Å². The summed E-state index contributed by atoms with van der Waals surface area (Å²) in [5, 5.41) is 3.41. The summed E-state index contributed by atoms with van der Waals surface area (Å²) in [6, 6.07) is 13.0.